The summed E-state index contributed by atoms with van der Waals surface area (Å²) >= 11 is 0. The van der Waals surface area contributed by atoms with Gasteiger partial charge in [-0.2, -0.15) is 5.10 Å². The predicted octanol–water partition coefficient (Wildman–Crippen LogP) is 0.647. The van der Waals surface area contributed by atoms with Crippen LogP contribution in [0.3, 0.4) is 0 Å². The molecule has 112 valence electrons. The van der Waals surface area contributed by atoms with Crippen molar-refractivity contribution in [3.8, 4) is 0 Å². The van der Waals surface area contributed by atoms with Crippen LogP contribution in [-0.2, 0) is 16.6 Å². The number of methoxy groups -OCH3 is 1. The molecule has 0 saturated heterocycles. The molecule has 7 heteroatoms. The van der Waals surface area contributed by atoms with Gasteiger partial charge in [-0.1, -0.05) is 0 Å². The lowest BCUT2D eigenvalue weighted by atomic mass is 10.1. The summed E-state index contributed by atoms with van der Waals surface area (Å²) in [5.41, 5.74) is 1.73. The highest BCUT2D eigenvalue weighted by Crippen LogP contribution is 2.12. The maximum atomic E-state index is 12.2. The van der Waals surface area contributed by atoms with Crippen LogP contribution in [0.5, 0.6) is 0 Å². The van der Waals surface area contributed by atoms with Gasteiger partial charge in [0.25, 0.3) is 5.91 Å². The number of amides is 1. The normalized spacial score (nSPS) is 12.2. The quantitative estimate of drug-likeness (QED) is 0.716. The third-order valence-corrected chi connectivity index (χ3v) is 3.18. The lowest BCUT2D eigenvalue weighted by Gasteiger charge is -2.14. The van der Waals surface area contributed by atoms with Crippen LogP contribution < -0.4 is 5.32 Å². The highest BCUT2D eigenvalue weighted by molar-refractivity contribution is 5.98. The van der Waals surface area contributed by atoms with E-state index >= 15 is 0 Å². The third kappa shape index (κ3) is 3.80. The second-order valence-electron chi connectivity index (χ2n) is 4.67. The lowest BCUT2D eigenvalue weighted by molar-refractivity contribution is -0.139. The highest BCUT2D eigenvalue weighted by atomic mass is 16.5. The van der Waals surface area contributed by atoms with E-state index in [1.807, 2.05) is 0 Å². The van der Waals surface area contributed by atoms with Gasteiger partial charge in [0.2, 0.25) is 0 Å². The number of nitrogens with zero attached hydrogens (tertiary/aromatic N) is 2. The smallest absolute Gasteiger partial charge is 0.326 e. The van der Waals surface area contributed by atoms with Crippen molar-refractivity contribution in [3.63, 3.8) is 0 Å². The van der Waals surface area contributed by atoms with Crippen molar-refractivity contribution in [1.29, 1.82) is 0 Å². The molecule has 1 heterocycles. The van der Waals surface area contributed by atoms with Crippen molar-refractivity contribution in [2.24, 2.45) is 7.05 Å². The van der Waals surface area contributed by atoms with Crippen molar-refractivity contribution < 1.29 is 19.4 Å². The Labute approximate surface area is 117 Å². The molecule has 0 spiro atoms. The maximum absolute atomic E-state index is 12.2. The Hall–Kier alpha value is -1.89. The Morgan fingerprint density at radius 3 is 2.55 bits per heavy atom. The molecule has 0 bridgehead atoms. The van der Waals surface area contributed by atoms with E-state index in [0.29, 0.717) is 36.4 Å². The molecule has 0 saturated carbocycles. The van der Waals surface area contributed by atoms with E-state index in [4.69, 9.17) is 9.84 Å². The van der Waals surface area contributed by atoms with Crippen molar-refractivity contribution in [1.82, 2.24) is 15.1 Å². The molecule has 1 unspecified atom stereocenters. The van der Waals surface area contributed by atoms with Gasteiger partial charge in [-0.25, -0.2) is 4.79 Å². The number of carbonyl (C=O) groups excluding carboxylic acids is 1. The molecule has 20 heavy (non-hydrogen) atoms. The van der Waals surface area contributed by atoms with Gasteiger partial charge < -0.3 is 15.2 Å². The first kappa shape index (κ1) is 16.2. The molecular formula is C13H21N3O4. The van der Waals surface area contributed by atoms with Crippen LogP contribution in [0.25, 0.3) is 0 Å². The standard InChI is InChI=1S/C13H21N3O4/c1-8-11(9(2)16(3)15-8)12(17)14-10(13(18)19)6-5-7-20-4/h10H,5-7H2,1-4H3,(H,14,17)(H,18,19). The Balaban J connectivity index is 2.78. The average Bonchev–Trinajstić information content (AvgIpc) is 2.62. The fourth-order valence-electron chi connectivity index (χ4n) is 2.02. The Bertz CT molecular complexity index is 496. The van der Waals surface area contributed by atoms with Gasteiger partial charge in [-0.05, 0) is 26.7 Å². The summed E-state index contributed by atoms with van der Waals surface area (Å²) in [7, 11) is 3.29. The van der Waals surface area contributed by atoms with Gasteiger partial charge in [-0.3, -0.25) is 9.48 Å². The Morgan fingerprint density at radius 2 is 2.10 bits per heavy atom. The topological polar surface area (TPSA) is 93.5 Å². The van der Waals surface area contributed by atoms with Gasteiger partial charge in [0.1, 0.15) is 6.04 Å². The number of aliphatic carboxylic acids is 1. The number of ether oxygens (including phenoxy) is 1. The number of hydrogen-bond acceptors (Lipinski definition) is 4. The zero-order valence-corrected chi connectivity index (χ0v) is 12.3. The summed E-state index contributed by atoms with van der Waals surface area (Å²) in [6.45, 7) is 3.96. The van der Waals surface area contributed by atoms with Crippen LogP contribution in [0.4, 0.5) is 0 Å². The van der Waals surface area contributed by atoms with Crippen molar-refractivity contribution >= 4 is 11.9 Å². The number of rotatable bonds is 7. The van der Waals surface area contributed by atoms with Crippen LogP contribution in [0, 0.1) is 13.8 Å². The molecule has 1 rings (SSSR count). The first-order valence-electron chi connectivity index (χ1n) is 6.41. The van der Waals surface area contributed by atoms with E-state index in [2.05, 4.69) is 10.4 Å². The number of nitrogens with one attached hydrogen (secondary N) is 1. The molecule has 7 nitrogen and oxygen atoms in total. The predicted molar refractivity (Wildman–Crippen MR) is 72.7 cm³/mol. The second kappa shape index (κ2) is 7.04. The van der Waals surface area contributed by atoms with Gasteiger partial charge in [0.15, 0.2) is 0 Å². The summed E-state index contributed by atoms with van der Waals surface area (Å²) in [6, 6.07) is -0.920. The van der Waals surface area contributed by atoms with Crippen LogP contribution in [-0.4, -0.2) is 46.5 Å². The zero-order valence-electron chi connectivity index (χ0n) is 12.3. The summed E-state index contributed by atoms with van der Waals surface area (Å²) < 4.78 is 6.49. The molecule has 1 aromatic rings. The Morgan fingerprint density at radius 1 is 1.45 bits per heavy atom. The summed E-state index contributed by atoms with van der Waals surface area (Å²) in [6.07, 6.45) is 0.895. The molecule has 0 aromatic carbocycles. The van der Waals surface area contributed by atoms with Gasteiger partial charge in [0, 0.05) is 26.5 Å². The largest absolute Gasteiger partial charge is 0.480 e. The molecule has 0 aliphatic carbocycles. The molecule has 0 fully saturated rings. The fraction of sp³-hybridized carbons (Fsp3) is 0.615. The van der Waals surface area contributed by atoms with E-state index in [0.717, 1.165) is 0 Å². The number of aryl methyl sites for hydroxylation is 2. The van der Waals surface area contributed by atoms with E-state index in [-0.39, 0.29) is 0 Å². The number of aromatic nitrogens is 2. The minimum absolute atomic E-state index is 0.327. The molecule has 0 radical (unpaired) electrons. The fourth-order valence-corrected chi connectivity index (χ4v) is 2.02. The van der Waals surface area contributed by atoms with Crippen molar-refractivity contribution in [2.45, 2.75) is 32.7 Å². The number of carboxylic acid groups (broad SMARTS) is 1. The van der Waals surface area contributed by atoms with E-state index < -0.39 is 17.9 Å². The van der Waals surface area contributed by atoms with Crippen LogP contribution >= 0.6 is 0 Å². The first-order valence-corrected chi connectivity index (χ1v) is 6.41. The van der Waals surface area contributed by atoms with Gasteiger partial charge in [0.05, 0.1) is 11.3 Å². The third-order valence-electron chi connectivity index (χ3n) is 3.18. The number of hydrogen-bond donors (Lipinski definition) is 2. The molecule has 1 amide bonds. The number of carboxylic acids is 1. The maximum Gasteiger partial charge on any atom is 0.326 e. The van der Waals surface area contributed by atoms with E-state index in [1.54, 1.807) is 32.7 Å². The van der Waals surface area contributed by atoms with Gasteiger partial charge in [-0.15, -0.1) is 0 Å². The van der Waals surface area contributed by atoms with Gasteiger partial charge >= 0.3 is 5.97 Å². The second-order valence-corrected chi connectivity index (χ2v) is 4.67. The SMILES string of the molecule is COCCCC(NC(=O)c1c(C)nn(C)c1C)C(=O)O. The summed E-state index contributed by atoms with van der Waals surface area (Å²) in [5.74, 6) is -1.45. The minimum atomic E-state index is -1.05. The molecule has 1 atom stereocenters. The summed E-state index contributed by atoms with van der Waals surface area (Å²) in [4.78, 5) is 23.3. The number of carbonyl (C=O) groups is 2. The van der Waals surface area contributed by atoms with E-state index in [1.165, 1.54) is 0 Å². The van der Waals surface area contributed by atoms with E-state index in [9.17, 15) is 9.59 Å². The zero-order chi connectivity index (χ0) is 15.3. The molecule has 1 aromatic heterocycles. The highest BCUT2D eigenvalue weighted by Gasteiger charge is 2.24. The first-order chi connectivity index (χ1) is 9.38. The molecule has 0 aliphatic heterocycles. The van der Waals surface area contributed by atoms with Crippen LogP contribution in [0.2, 0.25) is 0 Å². The van der Waals surface area contributed by atoms with Crippen molar-refractivity contribution in [2.75, 3.05) is 13.7 Å². The average molecular weight is 283 g/mol. The van der Waals surface area contributed by atoms with Crippen LogP contribution in [0.15, 0.2) is 0 Å². The monoisotopic (exact) mass is 283 g/mol. The van der Waals surface area contributed by atoms with Crippen molar-refractivity contribution in [3.05, 3.63) is 17.0 Å². The van der Waals surface area contributed by atoms with Crippen LogP contribution in [0.1, 0.15) is 34.6 Å². The minimum Gasteiger partial charge on any atom is -0.480 e. The lowest BCUT2D eigenvalue weighted by Crippen LogP contribution is -2.41. The summed E-state index contributed by atoms with van der Waals surface area (Å²) in [5, 5.41) is 15.8. The molecular weight excluding hydrogens is 262 g/mol. The molecule has 2 N–H and O–H groups in total. The molecule has 0 aliphatic rings. The Kier molecular flexibility index (Phi) is 5.69.